The molecule has 0 aromatic heterocycles. The molecule has 3 fully saturated rings. The second kappa shape index (κ2) is 29.1. The van der Waals surface area contributed by atoms with Gasteiger partial charge in [0.2, 0.25) is 59.1 Å². The molecular weight excluding hydrogens is 1000 g/mol. The third kappa shape index (κ3) is 19.5. The number of nitrogens with zero attached hydrogens (tertiary/aromatic N) is 4. The van der Waals surface area contributed by atoms with Crippen molar-refractivity contribution in [2.75, 3.05) is 66.5 Å². The average Bonchev–Trinajstić information content (AvgIpc) is 3.38. The van der Waals surface area contributed by atoms with E-state index in [1.807, 2.05) is 0 Å². The van der Waals surface area contributed by atoms with Gasteiger partial charge in [0, 0.05) is 40.3 Å². The largest absolute Gasteiger partial charge is 0.445 e. The van der Waals surface area contributed by atoms with Crippen LogP contribution in [0.3, 0.4) is 0 Å². The van der Waals surface area contributed by atoms with E-state index in [0.29, 0.717) is 31.2 Å². The Balaban J connectivity index is 1.63. The maximum absolute atomic E-state index is 14.4. The summed E-state index contributed by atoms with van der Waals surface area (Å²) >= 11 is 0. The normalized spacial score (nSPS) is 24.4. The Bertz CT molecular complexity index is 2310. The van der Waals surface area contributed by atoms with Crippen molar-refractivity contribution in [1.29, 1.82) is 0 Å². The first-order valence-corrected chi connectivity index (χ1v) is 26.0. The summed E-state index contributed by atoms with van der Waals surface area (Å²) in [5.74, 6) is -8.40. The van der Waals surface area contributed by atoms with Gasteiger partial charge in [-0.25, -0.2) is 9.59 Å². The van der Waals surface area contributed by atoms with E-state index in [-0.39, 0.29) is 32.5 Å². The topological polar surface area (TPSA) is 332 Å². The quantitative estimate of drug-likeness (QED) is 0.163. The van der Waals surface area contributed by atoms with E-state index in [1.165, 1.54) is 23.9 Å². The number of alkyl carbamates (subject to hydrolysis) is 2. The maximum atomic E-state index is 14.4. The van der Waals surface area contributed by atoms with Gasteiger partial charge in [0.15, 0.2) is 0 Å². The minimum atomic E-state index is -1.50. The molecule has 1 aromatic rings. The van der Waals surface area contributed by atoms with Crippen LogP contribution in [0.4, 0.5) is 9.59 Å². The monoisotopic (exact) mass is 1080 g/mol. The Kier molecular flexibility index (Phi) is 23.4. The summed E-state index contributed by atoms with van der Waals surface area (Å²) in [5.41, 5.74) is -0.334. The minimum Gasteiger partial charge on any atom is -0.445 e. The standard InChI is InChI=1S/C51H78N12O14/c1-30(2)41-45(70)52-23-33(56-49(74)76-29-32-17-11-10-12-18-32)47(72)62-21-15-13-19-35(62)43(68)54-25-39(66)61(9)28-38(65)59-42(31(3)4)46(71)53-24-34(57-50(75)77-51(5,6)7)48(73)63-22-16-14-20-36(63)44(69)55-26-40(67)60(8)27-37(64)58-41/h10-12,17-18,30-31,33-36,41-42H,13-16,19-29H2,1-9H3,(H,52,70)(H,53,71)(H,54,68)(H,55,69)(H,56,74)(H,57,75)(H,58,64)(H,59,65)/t33-,34-,35+,36+,41+,42+/m1/s1. The zero-order valence-electron chi connectivity index (χ0n) is 45.6. The summed E-state index contributed by atoms with van der Waals surface area (Å²) in [4.78, 5) is 168. The van der Waals surface area contributed by atoms with Gasteiger partial charge in [-0.2, -0.15) is 0 Å². The molecule has 1 aromatic carbocycles. The lowest BCUT2D eigenvalue weighted by Crippen LogP contribution is -2.61. The van der Waals surface area contributed by atoms with Gasteiger partial charge in [-0.05, 0) is 76.7 Å². The van der Waals surface area contributed by atoms with Crippen molar-refractivity contribution >= 4 is 71.3 Å². The Morgan fingerprint density at radius 1 is 0.597 bits per heavy atom. The molecule has 6 atom stereocenters. The van der Waals surface area contributed by atoms with E-state index >= 15 is 0 Å². The molecule has 26 nitrogen and oxygen atoms in total. The number of amides is 12. The summed E-state index contributed by atoms with van der Waals surface area (Å²) < 4.78 is 10.8. The number of likely N-dealkylation sites (N-methyl/N-ethyl adjacent to an activating group) is 2. The Morgan fingerprint density at radius 3 is 1.42 bits per heavy atom. The summed E-state index contributed by atoms with van der Waals surface area (Å²) in [7, 11) is 2.61. The lowest BCUT2D eigenvalue weighted by molar-refractivity contribution is -0.144. The molecule has 0 spiro atoms. The minimum absolute atomic E-state index is 0.0670. The van der Waals surface area contributed by atoms with Gasteiger partial charge in [-0.15, -0.1) is 0 Å². The zero-order valence-corrected chi connectivity index (χ0v) is 45.6. The predicted molar refractivity (Wildman–Crippen MR) is 276 cm³/mol. The van der Waals surface area contributed by atoms with Crippen LogP contribution >= 0.6 is 0 Å². The predicted octanol–water partition coefficient (Wildman–Crippen LogP) is -1.39. The molecule has 0 bridgehead atoms. The summed E-state index contributed by atoms with van der Waals surface area (Å²) in [6.07, 6.45) is 0.365. The Morgan fingerprint density at radius 2 is 1.01 bits per heavy atom. The maximum Gasteiger partial charge on any atom is 0.408 e. The van der Waals surface area contributed by atoms with E-state index in [0.717, 1.165) is 9.80 Å². The molecule has 3 saturated heterocycles. The van der Waals surface area contributed by atoms with Crippen LogP contribution in [0.1, 0.15) is 92.6 Å². The number of nitrogens with one attached hydrogen (secondary N) is 8. The molecule has 77 heavy (non-hydrogen) atoms. The highest BCUT2D eigenvalue weighted by atomic mass is 16.6. The fraction of sp³-hybridized carbons (Fsp3) is 0.647. The first-order chi connectivity index (χ1) is 36.3. The first kappa shape index (κ1) is 62.0. The highest BCUT2D eigenvalue weighted by Gasteiger charge is 2.40. The molecule has 0 saturated carbocycles. The van der Waals surface area contributed by atoms with Gasteiger partial charge in [0.25, 0.3) is 0 Å². The van der Waals surface area contributed by atoms with Gasteiger partial charge < -0.3 is 71.6 Å². The second-order valence-electron chi connectivity index (χ2n) is 21.0. The highest BCUT2D eigenvalue weighted by Crippen LogP contribution is 2.21. The molecule has 3 aliphatic rings. The van der Waals surface area contributed by atoms with Gasteiger partial charge in [0.1, 0.15) is 48.5 Å². The van der Waals surface area contributed by atoms with Crippen molar-refractivity contribution in [3.8, 4) is 0 Å². The number of ether oxygens (including phenoxy) is 2. The summed E-state index contributed by atoms with van der Waals surface area (Å²) in [5, 5.41) is 20.5. The number of carbonyl (C=O) groups excluding carboxylic acids is 12. The van der Waals surface area contributed by atoms with Crippen LogP contribution < -0.4 is 42.5 Å². The van der Waals surface area contributed by atoms with Crippen molar-refractivity contribution in [2.45, 2.75) is 135 Å². The lowest BCUT2D eigenvalue weighted by Gasteiger charge is -2.37. The molecule has 0 radical (unpaired) electrons. The highest BCUT2D eigenvalue weighted by molar-refractivity contribution is 5.97. The van der Waals surface area contributed by atoms with Crippen molar-refractivity contribution in [3.63, 3.8) is 0 Å². The van der Waals surface area contributed by atoms with E-state index in [1.54, 1.807) is 78.8 Å². The molecule has 3 aliphatic heterocycles. The molecular formula is C51H78N12O14. The first-order valence-electron chi connectivity index (χ1n) is 26.0. The van der Waals surface area contributed by atoms with Crippen molar-refractivity contribution < 1.29 is 67.0 Å². The fourth-order valence-electron chi connectivity index (χ4n) is 8.66. The third-order valence-corrected chi connectivity index (χ3v) is 12.9. The van der Waals surface area contributed by atoms with E-state index in [9.17, 15) is 57.5 Å². The van der Waals surface area contributed by atoms with Crippen LogP contribution in [0.5, 0.6) is 0 Å². The average molecular weight is 1080 g/mol. The van der Waals surface area contributed by atoms with Crippen LogP contribution in [-0.4, -0.2) is 199 Å². The smallest absolute Gasteiger partial charge is 0.408 e. The zero-order chi connectivity index (χ0) is 57.1. The SMILES string of the molecule is CC(C)[C@@H]1NC(=O)CN(C)C(=O)CNC(=O)[C@@H]2CCCCN2C(=O)[C@H](NC(=O)OCc2ccccc2)CNC(=O)[C@H](C(C)C)NC(=O)CN(C)C(=O)CNC(=O)[C@@H]2CCCCN2C(=O)[C@H](NC(=O)OC(C)(C)C)CNC1=O. The molecule has 12 amide bonds. The second-order valence-corrected chi connectivity index (χ2v) is 21.0. The van der Waals surface area contributed by atoms with Crippen molar-refractivity contribution in [3.05, 3.63) is 35.9 Å². The van der Waals surface area contributed by atoms with Crippen LogP contribution in [0, 0.1) is 11.8 Å². The van der Waals surface area contributed by atoms with Gasteiger partial charge in [-0.1, -0.05) is 58.0 Å². The molecule has 4 rings (SSSR count). The number of rotatable bonds is 6. The summed E-state index contributed by atoms with van der Waals surface area (Å²) in [6.45, 7) is 8.08. The number of piperidine rings is 2. The van der Waals surface area contributed by atoms with Crippen LogP contribution in [-0.2, 0) is 64.0 Å². The van der Waals surface area contributed by atoms with Gasteiger partial charge >= 0.3 is 12.2 Å². The number of fused-ring (bicyclic) bond motifs is 2. The lowest BCUT2D eigenvalue weighted by atomic mass is 9.99. The van der Waals surface area contributed by atoms with Crippen molar-refractivity contribution in [2.24, 2.45) is 11.8 Å². The van der Waals surface area contributed by atoms with Crippen LogP contribution in [0.2, 0.25) is 0 Å². The van der Waals surface area contributed by atoms with E-state index in [2.05, 4.69) is 42.5 Å². The van der Waals surface area contributed by atoms with Gasteiger partial charge in [0.05, 0.1) is 26.2 Å². The van der Waals surface area contributed by atoms with Crippen LogP contribution in [0.25, 0.3) is 0 Å². The third-order valence-electron chi connectivity index (χ3n) is 12.9. The van der Waals surface area contributed by atoms with E-state index < -0.39 is 164 Å². The van der Waals surface area contributed by atoms with Crippen LogP contribution in [0.15, 0.2) is 30.3 Å². The molecule has 426 valence electrons. The number of hydrogen-bond acceptors (Lipinski definition) is 14. The van der Waals surface area contributed by atoms with E-state index in [4.69, 9.17) is 9.47 Å². The summed E-state index contributed by atoms with van der Waals surface area (Å²) in [6, 6.07) is 1.08. The Hall–Kier alpha value is -7.54. The number of carbonyl (C=O) groups is 12. The molecule has 0 aliphatic carbocycles. The van der Waals surface area contributed by atoms with Crippen molar-refractivity contribution in [1.82, 2.24) is 62.1 Å². The Labute approximate surface area is 448 Å². The molecule has 26 heteroatoms. The number of hydrogen-bond donors (Lipinski definition) is 8. The molecule has 0 unspecified atom stereocenters. The van der Waals surface area contributed by atoms with Gasteiger partial charge in [-0.3, -0.25) is 47.9 Å². The molecule has 8 N–H and O–H groups in total. The number of benzene rings is 1. The molecule has 3 heterocycles. The fourth-order valence-corrected chi connectivity index (χ4v) is 8.66.